The van der Waals surface area contributed by atoms with Gasteiger partial charge in [0, 0.05) is 13.1 Å². The summed E-state index contributed by atoms with van der Waals surface area (Å²) in [7, 11) is -3.38. The van der Waals surface area contributed by atoms with E-state index < -0.39 is 10.0 Å². The molecule has 0 aromatic heterocycles. The summed E-state index contributed by atoms with van der Waals surface area (Å²) in [5.74, 6) is 0.292. The average molecular weight is 282 g/mol. The molecule has 5 heteroatoms. The second kappa shape index (κ2) is 5.23. The summed E-state index contributed by atoms with van der Waals surface area (Å²) < 4.78 is 27.0. The van der Waals surface area contributed by atoms with E-state index in [-0.39, 0.29) is 0 Å². The van der Waals surface area contributed by atoms with Crippen LogP contribution in [0.5, 0.6) is 0 Å². The molecule has 2 rings (SSSR count). The number of nitrogens with zero attached hydrogens (tertiary/aromatic N) is 1. The van der Waals surface area contributed by atoms with Crippen LogP contribution in [-0.2, 0) is 10.0 Å². The van der Waals surface area contributed by atoms with E-state index in [9.17, 15) is 8.42 Å². The summed E-state index contributed by atoms with van der Waals surface area (Å²) in [4.78, 5) is 0.468. The lowest BCUT2D eigenvalue weighted by molar-refractivity contribution is 0.458. The van der Waals surface area contributed by atoms with Crippen LogP contribution in [0.1, 0.15) is 23.1 Å². The van der Waals surface area contributed by atoms with Crippen molar-refractivity contribution in [1.29, 1.82) is 0 Å². The first-order chi connectivity index (χ1) is 8.86. The molecule has 2 N–H and O–H groups in total. The van der Waals surface area contributed by atoms with Crippen molar-refractivity contribution >= 4 is 10.0 Å². The molecule has 0 bridgehead atoms. The number of benzene rings is 1. The summed E-state index contributed by atoms with van der Waals surface area (Å²) in [5, 5.41) is 0. The lowest BCUT2D eigenvalue weighted by Gasteiger charge is -2.20. The minimum absolute atomic E-state index is 0.292. The highest BCUT2D eigenvalue weighted by molar-refractivity contribution is 7.89. The molecule has 1 aromatic carbocycles. The molecule has 19 heavy (non-hydrogen) atoms. The van der Waals surface area contributed by atoms with Gasteiger partial charge in [-0.2, -0.15) is 4.31 Å². The molecule has 0 aliphatic carbocycles. The Hall–Kier alpha value is -0.910. The van der Waals surface area contributed by atoms with Gasteiger partial charge < -0.3 is 5.73 Å². The second-order valence-electron chi connectivity index (χ2n) is 5.48. The van der Waals surface area contributed by atoms with E-state index in [0.29, 0.717) is 30.4 Å². The lowest BCUT2D eigenvalue weighted by Crippen LogP contribution is -2.31. The maximum Gasteiger partial charge on any atom is 0.243 e. The van der Waals surface area contributed by atoms with Crippen LogP contribution in [0.3, 0.4) is 0 Å². The highest BCUT2D eigenvalue weighted by Crippen LogP contribution is 2.28. The molecular formula is C14H22N2O2S. The van der Waals surface area contributed by atoms with Crippen molar-refractivity contribution < 1.29 is 8.42 Å². The van der Waals surface area contributed by atoms with Crippen LogP contribution < -0.4 is 5.73 Å². The maximum atomic E-state index is 12.7. The fourth-order valence-electron chi connectivity index (χ4n) is 2.91. The topological polar surface area (TPSA) is 63.4 Å². The zero-order chi connectivity index (χ0) is 14.2. The number of hydrogen-bond donors (Lipinski definition) is 1. The highest BCUT2D eigenvalue weighted by atomic mass is 32.2. The molecule has 4 nitrogen and oxygen atoms in total. The third-order valence-electron chi connectivity index (χ3n) is 3.78. The van der Waals surface area contributed by atoms with Gasteiger partial charge in [-0.3, -0.25) is 0 Å². The zero-order valence-corrected chi connectivity index (χ0v) is 12.6. The van der Waals surface area contributed by atoms with Crippen molar-refractivity contribution in [3.8, 4) is 0 Å². The molecule has 0 unspecified atom stereocenters. The molecule has 1 aromatic rings. The van der Waals surface area contributed by atoms with E-state index in [0.717, 1.165) is 23.1 Å². The fraction of sp³-hybridized carbons (Fsp3) is 0.571. The largest absolute Gasteiger partial charge is 0.330 e. The quantitative estimate of drug-likeness (QED) is 0.915. The fourth-order valence-corrected chi connectivity index (χ4v) is 4.85. The number of rotatable bonds is 3. The van der Waals surface area contributed by atoms with Crippen molar-refractivity contribution in [2.45, 2.75) is 32.1 Å². The number of hydrogen-bond acceptors (Lipinski definition) is 3. The van der Waals surface area contributed by atoms with Gasteiger partial charge in [0.15, 0.2) is 0 Å². The first kappa shape index (κ1) is 14.5. The van der Waals surface area contributed by atoms with Gasteiger partial charge in [-0.25, -0.2) is 8.42 Å². The molecule has 1 fully saturated rings. The van der Waals surface area contributed by atoms with Gasteiger partial charge in [-0.15, -0.1) is 0 Å². The molecule has 1 aliphatic rings. The van der Waals surface area contributed by atoms with Gasteiger partial charge >= 0.3 is 0 Å². The average Bonchev–Trinajstić information content (AvgIpc) is 2.75. The van der Waals surface area contributed by atoms with Crippen LogP contribution in [0.2, 0.25) is 0 Å². The van der Waals surface area contributed by atoms with Crippen molar-refractivity contribution in [2.24, 2.45) is 11.7 Å². The van der Waals surface area contributed by atoms with E-state index in [1.54, 1.807) is 4.31 Å². The van der Waals surface area contributed by atoms with Crippen LogP contribution in [0.4, 0.5) is 0 Å². The van der Waals surface area contributed by atoms with E-state index in [4.69, 9.17) is 5.73 Å². The number of nitrogens with two attached hydrogens (primary N) is 1. The van der Waals surface area contributed by atoms with E-state index >= 15 is 0 Å². The third kappa shape index (κ3) is 2.68. The van der Waals surface area contributed by atoms with Crippen LogP contribution in [-0.4, -0.2) is 32.4 Å². The van der Waals surface area contributed by atoms with Crippen LogP contribution in [0.15, 0.2) is 17.0 Å². The molecule has 0 amide bonds. The summed E-state index contributed by atoms with van der Waals surface area (Å²) in [5.41, 5.74) is 8.38. The zero-order valence-electron chi connectivity index (χ0n) is 11.8. The molecule has 0 radical (unpaired) electrons. The lowest BCUT2D eigenvalue weighted by atomic mass is 10.1. The van der Waals surface area contributed by atoms with E-state index in [1.807, 2.05) is 32.9 Å². The smallest absolute Gasteiger partial charge is 0.243 e. The molecule has 106 valence electrons. The Balaban J connectivity index is 2.41. The Labute approximate surface area is 115 Å². The molecule has 1 aliphatic heterocycles. The van der Waals surface area contributed by atoms with Crippen molar-refractivity contribution in [2.75, 3.05) is 19.6 Å². The first-order valence-corrected chi connectivity index (χ1v) is 8.08. The maximum absolute atomic E-state index is 12.7. The van der Waals surface area contributed by atoms with Gasteiger partial charge in [0.25, 0.3) is 0 Å². The standard InChI is InChI=1S/C14H22N2O2S/c1-10-6-11(2)14(12(3)7-10)19(17,18)16-5-4-13(8-15)9-16/h6-7,13H,4-5,8-9,15H2,1-3H3/t13-/m1/s1. The summed E-state index contributed by atoms with van der Waals surface area (Å²) in [6, 6.07) is 3.85. The predicted octanol–water partition coefficient (Wildman–Crippen LogP) is 1.58. The van der Waals surface area contributed by atoms with Gasteiger partial charge in [-0.1, -0.05) is 17.7 Å². The third-order valence-corrected chi connectivity index (χ3v) is 5.96. The monoisotopic (exact) mass is 282 g/mol. The molecule has 1 heterocycles. The Morgan fingerprint density at radius 1 is 1.26 bits per heavy atom. The van der Waals surface area contributed by atoms with Crippen LogP contribution in [0.25, 0.3) is 0 Å². The minimum Gasteiger partial charge on any atom is -0.330 e. The van der Waals surface area contributed by atoms with Crippen molar-refractivity contribution in [1.82, 2.24) is 4.31 Å². The summed E-state index contributed by atoms with van der Waals surface area (Å²) in [6.45, 7) is 7.39. The predicted molar refractivity (Wildman–Crippen MR) is 76.6 cm³/mol. The van der Waals surface area contributed by atoms with Crippen LogP contribution >= 0.6 is 0 Å². The number of aryl methyl sites for hydroxylation is 3. The molecule has 1 atom stereocenters. The summed E-state index contributed by atoms with van der Waals surface area (Å²) in [6.07, 6.45) is 0.861. The Morgan fingerprint density at radius 3 is 2.32 bits per heavy atom. The number of sulfonamides is 1. The van der Waals surface area contributed by atoms with Crippen LogP contribution in [0, 0.1) is 26.7 Å². The van der Waals surface area contributed by atoms with Crippen molar-refractivity contribution in [3.05, 3.63) is 28.8 Å². The second-order valence-corrected chi connectivity index (χ2v) is 7.36. The van der Waals surface area contributed by atoms with Crippen molar-refractivity contribution in [3.63, 3.8) is 0 Å². The Morgan fingerprint density at radius 2 is 1.84 bits per heavy atom. The van der Waals surface area contributed by atoms with E-state index in [1.165, 1.54) is 0 Å². The summed E-state index contributed by atoms with van der Waals surface area (Å²) >= 11 is 0. The molecular weight excluding hydrogens is 260 g/mol. The van der Waals surface area contributed by atoms with E-state index in [2.05, 4.69) is 0 Å². The van der Waals surface area contributed by atoms with Gasteiger partial charge in [0.1, 0.15) is 0 Å². The molecule has 0 saturated carbocycles. The highest BCUT2D eigenvalue weighted by Gasteiger charge is 2.33. The first-order valence-electron chi connectivity index (χ1n) is 6.64. The Bertz CT molecular complexity index is 558. The van der Waals surface area contributed by atoms with Gasteiger partial charge in [0.05, 0.1) is 4.90 Å². The Kier molecular flexibility index (Phi) is 3.99. The minimum atomic E-state index is -3.38. The normalized spacial score (nSPS) is 20.9. The SMILES string of the molecule is Cc1cc(C)c(S(=O)(=O)N2CC[C@H](CN)C2)c(C)c1. The van der Waals surface area contributed by atoms with Gasteiger partial charge in [0.2, 0.25) is 10.0 Å². The van der Waals surface area contributed by atoms with Gasteiger partial charge in [-0.05, 0) is 50.8 Å². The molecule has 0 spiro atoms. The molecule has 1 saturated heterocycles.